The van der Waals surface area contributed by atoms with Crippen LogP contribution < -0.4 is 5.32 Å². The molecule has 7 atom stereocenters. The van der Waals surface area contributed by atoms with Crippen LogP contribution in [0.4, 0.5) is 0 Å². The van der Waals surface area contributed by atoms with E-state index in [9.17, 15) is 35.1 Å². The van der Waals surface area contributed by atoms with Gasteiger partial charge in [0, 0.05) is 12.8 Å². The Morgan fingerprint density at radius 1 is 0.468 bits per heavy atom. The molecular formula is C68H127NO10. The van der Waals surface area contributed by atoms with Crippen LogP contribution in [0, 0.1) is 0 Å². The highest BCUT2D eigenvalue weighted by Crippen LogP contribution is 2.23. The Kier molecular flexibility index (Phi) is 54.7. The monoisotopic (exact) mass is 1120 g/mol. The van der Waals surface area contributed by atoms with Crippen LogP contribution in [-0.2, 0) is 23.8 Å². The van der Waals surface area contributed by atoms with Gasteiger partial charge in [-0.1, -0.05) is 288 Å². The number of ether oxygens (including phenoxy) is 3. The maximum Gasteiger partial charge on any atom is 0.305 e. The first-order chi connectivity index (χ1) is 38.7. The molecule has 0 aromatic rings. The lowest BCUT2D eigenvalue weighted by molar-refractivity contribution is -0.302. The molecule has 1 fully saturated rings. The van der Waals surface area contributed by atoms with E-state index in [4.69, 9.17) is 14.2 Å². The molecule has 464 valence electrons. The van der Waals surface area contributed by atoms with Gasteiger partial charge in [-0.25, -0.2) is 0 Å². The van der Waals surface area contributed by atoms with Crippen LogP contribution in [0.15, 0.2) is 36.5 Å². The molecule has 1 saturated heterocycles. The highest BCUT2D eigenvalue weighted by Gasteiger charge is 2.44. The molecule has 1 amide bonds. The maximum absolute atomic E-state index is 13.0. The summed E-state index contributed by atoms with van der Waals surface area (Å²) >= 11 is 0. The molecule has 0 radical (unpaired) electrons. The Hall–Kier alpha value is -2.12. The summed E-state index contributed by atoms with van der Waals surface area (Å²) in [6.45, 7) is 4.29. The molecule has 7 unspecified atom stereocenters. The smallest absolute Gasteiger partial charge is 0.305 e. The standard InChI is InChI=1S/C68H127NO10/c1-3-5-7-9-11-13-14-15-33-36-40-44-48-52-56-64(73)77-57-53-49-45-41-37-34-31-29-27-25-23-21-19-17-16-18-20-22-24-26-28-30-32-35-39-43-47-51-55-63(72)69-60(61(71)54-50-46-42-38-12-10-8-6-4-2)59-78-68-67(76)66(75)65(74)62(58-70)79-68/h9,11,14-15,50,54,60-62,65-68,70-71,74-76H,3-8,10,12-13,16-49,51-53,55-59H2,1-2H3,(H,69,72)/b11-9-,15-14-,54-50+. The summed E-state index contributed by atoms with van der Waals surface area (Å²) in [7, 11) is 0. The SMILES string of the molecule is CCCC/C=C\C/C=C\CCCCCCCC(=O)OCCCCCCCCCCCCCCCCCCCCCCCCCCCCCCC(=O)NC(COC1OC(CO)C(O)C(O)C1O)C(O)/C=C/CCCCCCCCC. The van der Waals surface area contributed by atoms with Crippen LogP contribution >= 0.6 is 0 Å². The van der Waals surface area contributed by atoms with E-state index >= 15 is 0 Å². The number of carbonyl (C=O) groups excluding carboxylic acids is 2. The molecule has 11 nitrogen and oxygen atoms in total. The van der Waals surface area contributed by atoms with Crippen molar-refractivity contribution in [3.63, 3.8) is 0 Å². The van der Waals surface area contributed by atoms with Crippen molar-refractivity contribution in [1.82, 2.24) is 5.32 Å². The van der Waals surface area contributed by atoms with Crippen molar-refractivity contribution in [2.45, 2.75) is 365 Å². The Labute approximate surface area is 485 Å². The molecule has 79 heavy (non-hydrogen) atoms. The number of aliphatic hydroxyl groups excluding tert-OH is 5. The Morgan fingerprint density at radius 2 is 0.861 bits per heavy atom. The van der Waals surface area contributed by atoms with Crippen LogP contribution in [-0.4, -0.2) is 100 Å². The highest BCUT2D eigenvalue weighted by molar-refractivity contribution is 5.76. The molecule has 6 N–H and O–H groups in total. The normalized spacial score (nSPS) is 18.6. The van der Waals surface area contributed by atoms with E-state index < -0.39 is 49.5 Å². The molecule has 0 bridgehead atoms. The van der Waals surface area contributed by atoms with Gasteiger partial charge in [-0.2, -0.15) is 0 Å². The van der Waals surface area contributed by atoms with Gasteiger partial charge in [0.05, 0.1) is 32.0 Å². The molecule has 1 heterocycles. The fourth-order valence-corrected chi connectivity index (χ4v) is 10.6. The van der Waals surface area contributed by atoms with Gasteiger partial charge in [-0.15, -0.1) is 0 Å². The van der Waals surface area contributed by atoms with Gasteiger partial charge in [0.25, 0.3) is 0 Å². The van der Waals surface area contributed by atoms with Gasteiger partial charge in [0.2, 0.25) is 5.91 Å². The summed E-state index contributed by atoms with van der Waals surface area (Å²) in [6, 6.07) is -0.806. The zero-order valence-corrected chi connectivity index (χ0v) is 51.3. The van der Waals surface area contributed by atoms with E-state index in [2.05, 4.69) is 43.5 Å². The zero-order valence-electron chi connectivity index (χ0n) is 51.3. The van der Waals surface area contributed by atoms with Gasteiger partial charge in [-0.3, -0.25) is 9.59 Å². The predicted molar refractivity (Wildman–Crippen MR) is 329 cm³/mol. The molecule has 0 saturated carbocycles. The van der Waals surface area contributed by atoms with Crippen LogP contribution in [0.3, 0.4) is 0 Å². The van der Waals surface area contributed by atoms with Crippen LogP contribution in [0.25, 0.3) is 0 Å². The topological polar surface area (TPSA) is 175 Å². The lowest BCUT2D eigenvalue weighted by Gasteiger charge is -2.40. The zero-order chi connectivity index (χ0) is 57.3. The third-order valence-electron chi connectivity index (χ3n) is 16.0. The molecule has 0 aliphatic carbocycles. The minimum absolute atomic E-state index is 0.00497. The van der Waals surface area contributed by atoms with Crippen molar-refractivity contribution in [3.05, 3.63) is 36.5 Å². The van der Waals surface area contributed by atoms with E-state index in [1.165, 1.54) is 231 Å². The number of esters is 1. The molecule has 1 rings (SSSR count). The van der Waals surface area contributed by atoms with Gasteiger partial charge < -0.3 is 45.1 Å². The van der Waals surface area contributed by atoms with Crippen molar-refractivity contribution in [1.29, 1.82) is 0 Å². The van der Waals surface area contributed by atoms with Gasteiger partial charge in [0.1, 0.15) is 24.4 Å². The minimum Gasteiger partial charge on any atom is -0.466 e. The second-order valence-corrected chi connectivity index (χ2v) is 23.5. The van der Waals surface area contributed by atoms with Crippen molar-refractivity contribution < 1.29 is 49.3 Å². The number of hydrogen-bond acceptors (Lipinski definition) is 10. The third kappa shape index (κ3) is 47.0. The third-order valence-corrected chi connectivity index (χ3v) is 16.0. The molecule has 0 aromatic carbocycles. The fourth-order valence-electron chi connectivity index (χ4n) is 10.6. The first-order valence-electron chi connectivity index (χ1n) is 33.8. The summed E-state index contributed by atoms with van der Waals surface area (Å²) in [5, 5.41) is 54.3. The Morgan fingerprint density at radius 3 is 1.32 bits per heavy atom. The van der Waals surface area contributed by atoms with E-state index in [1.807, 2.05) is 6.08 Å². The van der Waals surface area contributed by atoms with Crippen molar-refractivity contribution >= 4 is 11.9 Å². The van der Waals surface area contributed by atoms with E-state index in [-0.39, 0.29) is 18.5 Å². The second kappa shape index (κ2) is 57.7. The van der Waals surface area contributed by atoms with Crippen molar-refractivity contribution in [3.8, 4) is 0 Å². The molecule has 0 aromatic heterocycles. The van der Waals surface area contributed by atoms with Gasteiger partial charge in [-0.05, 0) is 57.8 Å². The molecule has 0 spiro atoms. The average molecular weight is 1120 g/mol. The number of aliphatic hydroxyl groups is 5. The van der Waals surface area contributed by atoms with Gasteiger partial charge in [0.15, 0.2) is 6.29 Å². The number of hydrogen-bond donors (Lipinski definition) is 6. The largest absolute Gasteiger partial charge is 0.466 e. The van der Waals surface area contributed by atoms with E-state index in [0.29, 0.717) is 19.4 Å². The Bertz CT molecular complexity index is 1410. The summed E-state index contributed by atoms with van der Waals surface area (Å²) in [6.07, 6.45) is 62.8. The number of nitrogens with one attached hydrogen (secondary N) is 1. The Balaban J connectivity index is 1.92. The van der Waals surface area contributed by atoms with Crippen LogP contribution in [0.5, 0.6) is 0 Å². The summed E-state index contributed by atoms with van der Waals surface area (Å²) in [4.78, 5) is 25.1. The molecule has 1 aliphatic rings. The van der Waals surface area contributed by atoms with Crippen LogP contribution in [0.1, 0.15) is 322 Å². The highest BCUT2D eigenvalue weighted by atomic mass is 16.7. The average Bonchev–Trinajstić information content (AvgIpc) is 3.47. The fraction of sp³-hybridized carbons (Fsp3) is 0.882. The maximum atomic E-state index is 13.0. The lowest BCUT2D eigenvalue weighted by atomic mass is 9.99. The van der Waals surface area contributed by atoms with E-state index in [0.717, 1.165) is 64.2 Å². The number of amides is 1. The van der Waals surface area contributed by atoms with Crippen molar-refractivity contribution in [2.24, 2.45) is 0 Å². The van der Waals surface area contributed by atoms with Crippen molar-refractivity contribution in [2.75, 3.05) is 19.8 Å². The summed E-state index contributed by atoms with van der Waals surface area (Å²) in [5.74, 6) is -0.185. The molecule has 11 heteroatoms. The number of carbonyl (C=O) groups is 2. The number of allylic oxidation sites excluding steroid dienone is 5. The van der Waals surface area contributed by atoms with Gasteiger partial charge >= 0.3 is 5.97 Å². The minimum atomic E-state index is -1.57. The van der Waals surface area contributed by atoms with E-state index in [1.54, 1.807) is 6.08 Å². The quantitative estimate of drug-likeness (QED) is 0.0195. The second-order valence-electron chi connectivity index (χ2n) is 23.5. The lowest BCUT2D eigenvalue weighted by Crippen LogP contribution is -2.60. The first kappa shape index (κ1) is 74.9. The predicted octanol–water partition coefficient (Wildman–Crippen LogP) is 16.6. The first-order valence-corrected chi connectivity index (χ1v) is 33.8. The molecular weight excluding hydrogens is 991 g/mol. The number of rotatable bonds is 59. The molecule has 1 aliphatic heterocycles. The number of unbranched alkanes of at least 4 members (excludes halogenated alkanes) is 41. The van der Waals surface area contributed by atoms with Crippen LogP contribution in [0.2, 0.25) is 0 Å². The summed E-state index contributed by atoms with van der Waals surface area (Å²) in [5.41, 5.74) is 0. The summed E-state index contributed by atoms with van der Waals surface area (Å²) < 4.78 is 16.7.